The van der Waals surface area contributed by atoms with Gasteiger partial charge < -0.3 is 15.2 Å². The minimum atomic E-state index is -0.445. The summed E-state index contributed by atoms with van der Waals surface area (Å²) in [4.78, 5) is 15.9. The number of pyridine rings is 1. The molecule has 2 aromatic rings. The van der Waals surface area contributed by atoms with Crippen molar-refractivity contribution in [3.63, 3.8) is 0 Å². The number of rotatable bonds is 2. The van der Waals surface area contributed by atoms with Gasteiger partial charge in [-0.25, -0.2) is 9.78 Å². The molecule has 0 aromatic carbocycles. The Hall–Kier alpha value is -1.82. The van der Waals surface area contributed by atoms with Gasteiger partial charge in [0, 0.05) is 6.07 Å². The van der Waals surface area contributed by atoms with E-state index in [0.717, 1.165) is 4.70 Å². The van der Waals surface area contributed by atoms with Crippen LogP contribution in [0.1, 0.15) is 9.67 Å². The second-order valence-electron chi connectivity index (χ2n) is 3.06. The van der Waals surface area contributed by atoms with Crippen LogP contribution in [0.2, 0.25) is 0 Å². The van der Waals surface area contributed by atoms with Crippen molar-refractivity contribution in [1.29, 1.82) is 0 Å². The number of esters is 1. The molecule has 16 heavy (non-hydrogen) atoms. The van der Waals surface area contributed by atoms with Crippen LogP contribution in [0, 0.1) is 0 Å². The van der Waals surface area contributed by atoms with E-state index in [1.165, 1.54) is 18.4 Å². The highest BCUT2D eigenvalue weighted by molar-refractivity contribution is 7.21. The van der Waals surface area contributed by atoms with Gasteiger partial charge in [-0.2, -0.15) is 0 Å². The van der Waals surface area contributed by atoms with E-state index in [4.69, 9.17) is 10.5 Å². The van der Waals surface area contributed by atoms with Crippen molar-refractivity contribution in [2.75, 3.05) is 20.0 Å². The van der Waals surface area contributed by atoms with E-state index in [0.29, 0.717) is 21.8 Å². The first-order chi connectivity index (χ1) is 7.67. The van der Waals surface area contributed by atoms with Crippen molar-refractivity contribution < 1.29 is 14.3 Å². The lowest BCUT2D eigenvalue weighted by Crippen LogP contribution is -2.01. The van der Waals surface area contributed by atoms with E-state index in [2.05, 4.69) is 9.72 Å². The zero-order chi connectivity index (χ0) is 11.7. The first kappa shape index (κ1) is 10.7. The monoisotopic (exact) mass is 238 g/mol. The number of aromatic nitrogens is 1. The quantitative estimate of drug-likeness (QED) is 0.805. The third-order valence-corrected chi connectivity index (χ3v) is 3.27. The number of methoxy groups -OCH3 is 2. The molecule has 0 amide bonds. The zero-order valence-corrected chi connectivity index (χ0v) is 9.63. The van der Waals surface area contributed by atoms with E-state index in [1.807, 2.05) is 0 Å². The number of nitrogen functional groups attached to an aromatic ring is 1. The number of hydrogen-bond donors (Lipinski definition) is 1. The summed E-state index contributed by atoms with van der Waals surface area (Å²) in [5.74, 6) is 0.185. The van der Waals surface area contributed by atoms with Crippen LogP contribution in [0.15, 0.2) is 12.3 Å². The summed E-state index contributed by atoms with van der Waals surface area (Å²) in [6.07, 6.45) is 1.56. The normalized spacial score (nSPS) is 10.4. The molecular formula is C10H10N2O3S. The molecule has 0 bridgehead atoms. The summed E-state index contributed by atoms with van der Waals surface area (Å²) in [5.41, 5.74) is 6.77. The Labute approximate surface area is 95.8 Å². The van der Waals surface area contributed by atoms with E-state index in [-0.39, 0.29) is 0 Å². The molecule has 2 rings (SSSR count). The average molecular weight is 238 g/mol. The summed E-state index contributed by atoms with van der Waals surface area (Å²) in [5, 5.41) is 0. The molecule has 0 unspecified atom stereocenters. The molecule has 0 spiro atoms. The van der Waals surface area contributed by atoms with Gasteiger partial charge in [-0.15, -0.1) is 11.3 Å². The molecule has 0 radical (unpaired) electrons. The van der Waals surface area contributed by atoms with Gasteiger partial charge in [0.25, 0.3) is 0 Å². The van der Waals surface area contributed by atoms with Crippen molar-refractivity contribution in [2.45, 2.75) is 0 Å². The number of carbonyl (C=O) groups is 1. The van der Waals surface area contributed by atoms with Gasteiger partial charge in [0.05, 0.1) is 30.8 Å². The van der Waals surface area contributed by atoms with Crippen LogP contribution in [-0.2, 0) is 4.74 Å². The van der Waals surface area contributed by atoms with Crippen LogP contribution < -0.4 is 10.5 Å². The Balaban J connectivity index is 2.63. The first-order valence-electron chi connectivity index (χ1n) is 4.47. The summed E-state index contributed by atoms with van der Waals surface area (Å²) in [6.45, 7) is 0. The molecule has 0 atom stereocenters. The summed E-state index contributed by atoms with van der Waals surface area (Å²) < 4.78 is 10.5. The lowest BCUT2D eigenvalue weighted by Gasteiger charge is -1.97. The van der Waals surface area contributed by atoms with E-state index in [1.54, 1.807) is 19.4 Å². The second-order valence-corrected chi connectivity index (χ2v) is 4.11. The molecule has 0 aliphatic rings. The predicted octanol–water partition coefficient (Wildman–Crippen LogP) is 1.67. The molecule has 0 saturated heterocycles. The van der Waals surface area contributed by atoms with Crippen LogP contribution in [0.4, 0.5) is 5.69 Å². The molecule has 84 valence electrons. The van der Waals surface area contributed by atoms with Crippen molar-refractivity contribution in [3.05, 3.63) is 17.1 Å². The number of nitrogens with two attached hydrogens (primary N) is 1. The first-order valence-corrected chi connectivity index (χ1v) is 5.29. The van der Waals surface area contributed by atoms with Gasteiger partial charge in [0.2, 0.25) is 0 Å². The highest BCUT2D eigenvalue weighted by Gasteiger charge is 2.17. The minimum absolute atomic E-state index is 0.356. The van der Waals surface area contributed by atoms with Crippen molar-refractivity contribution in [3.8, 4) is 5.75 Å². The Kier molecular flexibility index (Phi) is 2.66. The van der Waals surface area contributed by atoms with Crippen LogP contribution >= 0.6 is 11.3 Å². The number of nitrogens with zero attached hydrogens (tertiary/aromatic N) is 1. The molecule has 0 fully saturated rings. The van der Waals surface area contributed by atoms with E-state index >= 15 is 0 Å². The fourth-order valence-electron chi connectivity index (χ4n) is 1.34. The molecular weight excluding hydrogens is 228 g/mol. The number of thiophene rings is 1. The lowest BCUT2D eigenvalue weighted by molar-refractivity contribution is 0.0607. The SMILES string of the molecule is COC(=O)c1sc2cc(OC)cnc2c1N. The third-order valence-electron chi connectivity index (χ3n) is 2.15. The summed E-state index contributed by atoms with van der Waals surface area (Å²) >= 11 is 1.24. The van der Waals surface area contributed by atoms with Crippen LogP contribution in [0.5, 0.6) is 5.75 Å². The highest BCUT2D eigenvalue weighted by Crippen LogP contribution is 2.34. The number of carbonyl (C=O) groups excluding carboxylic acids is 1. The summed E-state index contributed by atoms with van der Waals surface area (Å²) in [6, 6.07) is 1.79. The van der Waals surface area contributed by atoms with E-state index in [9.17, 15) is 4.79 Å². The highest BCUT2D eigenvalue weighted by atomic mass is 32.1. The molecule has 5 nitrogen and oxygen atoms in total. The number of ether oxygens (including phenoxy) is 2. The van der Waals surface area contributed by atoms with Gasteiger partial charge in [-0.1, -0.05) is 0 Å². The van der Waals surface area contributed by atoms with Gasteiger partial charge in [-0.3, -0.25) is 0 Å². The third kappa shape index (κ3) is 1.57. The molecule has 2 N–H and O–H groups in total. The minimum Gasteiger partial charge on any atom is -0.495 e. The number of fused-ring (bicyclic) bond motifs is 1. The Morgan fingerprint density at radius 2 is 2.25 bits per heavy atom. The van der Waals surface area contributed by atoms with Gasteiger partial charge >= 0.3 is 5.97 Å². The standard InChI is InChI=1S/C10H10N2O3S/c1-14-5-3-6-8(12-4-5)7(11)9(16-6)10(13)15-2/h3-4H,11H2,1-2H3. The molecule has 0 aliphatic heterocycles. The van der Waals surface area contributed by atoms with Crippen molar-refractivity contribution >= 4 is 33.2 Å². The lowest BCUT2D eigenvalue weighted by atomic mass is 10.3. The molecule has 6 heteroatoms. The van der Waals surface area contributed by atoms with Crippen LogP contribution in [0.3, 0.4) is 0 Å². The Morgan fingerprint density at radius 3 is 2.88 bits per heavy atom. The molecule has 0 saturated carbocycles. The molecule has 0 aliphatic carbocycles. The van der Waals surface area contributed by atoms with Crippen molar-refractivity contribution in [1.82, 2.24) is 4.98 Å². The second kappa shape index (κ2) is 3.97. The molecule has 2 heterocycles. The van der Waals surface area contributed by atoms with E-state index < -0.39 is 5.97 Å². The fourth-order valence-corrected chi connectivity index (χ4v) is 2.36. The fraction of sp³-hybridized carbons (Fsp3) is 0.200. The maximum Gasteiger partial charge on any atom is 0.350 e. The number of hydrogen-bond acceptors (Lipinski definition) is 6. The van der Waals surface area contributed by atoms with Gasteiger partial charge in [0.15, 0.2) is 0 Å². The number of anilines is 1. The maximum atomic E-state index is 11.4. The average Bonchev–Trinajstić information content (AvgIpc) is 2.65. The summed E-state index contributed by atoms with van der Waals surface area (Å²) in [7, 11) is 2.88. The predicted molar refractivity (Wildman–Crippen MR) is 61.9 cm³/mol. The Morgan fingerprint density at radius 1 is 1.50 bits per heavy atom. The van der Waals surface area contributed by atoms with Crippen LogP contribution in [0.25, 0.3) is 10.2 Å². The van der Waals surface area contributed by atoms with Crippen molar-refractivity contribution in [2.24, 2.45) is 0 Å². The van der Waals surface area contributed by atoms with Gasteiger partial charge in [0.1, 0.15) is 16.1 Å². The largest absolute Gasteiger partial charge is 0.495 e. The smallest absolute Gasteiger partial charge is 0.350 e. The maximum absolute atomic E-state index is 11.4. The zero-order valence-electron chi connectivity index (χ0n) is 8.81. The van der Waals surface area contributed by atoms with Gasteiger partial charge in [-0.05, 0) is 0 Å². The Bertz CT molecular complexity index is 550. The topological polar surface area (TPSA) is 74.4 Å². The molecule has 2 aromatic heterocycles. The van der Waals surface area contributed by atoms with Crippen LogP contribution in [-0.4, -0.2) is 25.2 Å².